The minimum Gasteiger partial charge on any atom is -0.481 e. The molecule has 0 bridgehead atoms. The zero-order valence-electron chi connectivity index (χ0n) is 16.8. The van der Waals surface area contributed by atoms with Crippen molar-refractivity contribution >= 4 is 23.8 Å². The number of carboxylic acids is 1. The number of hydrogen-bond donors (Lipinski definition) is 1. The van der Waals surface area contributed by atoms with Crippen LogP contribution in [0.2, 0.25) is 0 Å². The van der Waals surface area contributed by atoms with Crippen LogP contribution in [0.4, 0.5) is 4.79 Å². The van der Waals surface area contributed by atoms with E-state index in [1.165, 1.54) is 22.3 Å². The van der Waals surface area contributed by atoms with Crippen LogP contribution < -0.4 is 0 Å². The van der Waals surface area contributed by atoms with Gasteiger partial charge in [-0.3, -0.25) is 4.79 Å². The van der Waals surface area contributed by atoms with Crippen LogP contribution in [0.15, 0.2) is 48.5 Å². The van der Waals surface area contributed by atoms with Crippen molar-refractivity contribution < 1.29 is 19.4 Å². The van der Waals surface area contributed by atoms with Crippen LogP contribution in [-0.2, 0) is 9.53 Å². The van der Waals surface area contributed by atoms with Gasteiger partial charge in [-0.1, -0.05) is 48.5 Å². The molecule has 0 radical (unpaired) electrons. The largest absolute Gasteiger partial charge is 0.481 e. The van der Waals surface area contributed by atoms with Crippen molar-refractivity contribution in [2.45, 2.75) is 18.8 Å². The molecule has 1 unspecified atom stereocenters. The van der Waals surface area contributed by atoms with E-state index in [1.54, 1.807) is 4.90 Å². The highest BCUT2D eigenvalue weighted by atomic mass is 32.2. The predicted octanol–water partition coefficient (Wildman–Crippen LogP) is 4.47. The number of benzene rings is 2. The second kappa shape index (κ2) is 7.65. The van der Waals surface area contributed by atoms with Gasteiger partial charge in [-0.05, 0) is 46.6 Å². The average molecular weight is 424 g/mol. The number of likely N-dealkylation sites (tertiary alicyclic amines) is 1. The summed E-state index contributed by atoms with van der Waals surface area (Å²) in [5, 5.41) is 9.77. The standard InChI is InChI=1S/C24H25NO4S/c26-22(27)21-13-25(15-24(21)9-11-30-12-10-24)23(28)29-14-20-18-7-3-1-5-16(18)17-6-2-4-8-19(17)20/h1-8,20-21H,9-15H2,(H,26,27). The number of fused-ring (bicyclic) bond motifs is 3. The summed E-state index contributed by atoms with van der Waals surface area (Å²) in [6, 6.07) is 16.5. The van der Waals surface area contributed by atoms with Crippen LogP contribution in [0.1, 0.15) is 29.9 Å². The van der Waals surface area contributed by atoms with Crippen molar-refractivity contribution in [1.29, 1.82) is 0 Å². The highest BCUT2D eigenvalue weighted by molar-refractivity contribution is 7.99. The lowest BCUT2D eigenvalue weighted by atomic mass is 9.73. The minimum absolute atomic E-state index is 0.0132. The summed E-state index contributed by atoms with van der Waals surface area (Å²) in [5.74, 6) is 0.638. The molecule has 2 heterocycles. The minimum atomic E-state index is -0.796. The number of hydrogen-bond acceptors (Lipinski definition) is 4. The van der Waals surface area contributed by atoms with E-state index in [9.17, 15) is 14.7 Å². The van der Waals surface area contributed by atoms with E-state index in [4.69, 9.17) is 4.74 Å². The first kappa shape index (κ1) is 19.5. The molecule has 2 fully saturated rings. The Labute approximate surface area is 180 Å². The zero-order valence-corrected chi connectivity index (χ0v) is 17.6. The summed E-state index contributed by atoms with van der Waals surface area (Å²) in [5.41, 5.74) is 4.44. The molecule has 2 aromatic rings. The maximum atomic E-state index is 12.9. The number of ether oxygens (including phenoxy) is 1. The van der Waals surface area contributed by atoms with Crippen LogP contribution in [0.25, 0.3) is 11.1 Å². The lowest BCUT2D eigenvalue weighted by molar-refractivity contribution is -0.144. The normalized spacial score (nSPS) is 22.0. The number of aliphatic carboxylic acids is 1. The summed E-state index contributed by atoms with van der Waals surface area (Å²) in [4.78, 5) is 26.5. The fourth-order valence-corrected chi connectivity index (χ4v) is 6.72. The van der Waals surface area contributed by atoms with Gasteiger partial charge in [0, 0.05) is 24.4 Å². The Balaban J connectivity index is 1.32. The van der Waals surface area contributed by atoms with Crippen LogP contribution in [0, 0.1) is 11.3 Å². The third-order valence-electron chi connectivity index (χ3n) is 7.03. The molecule has 0 saturated carbocycles. The number of carbonyl (C=O) groups excluding carboxylic acids is 1. The fourth-order valence-electron chi connectivity index (χ4n) is 5.42. The maximum absolute atomic E-state index is 12.9. The van der Waals surface area contributed by atoms with Crippen LogP contribution in [0.5, 0.6) is 0 Å². The van der Waals surface area contributed by atoms with Gasteiger partial charge in [0.05, 0.1) is 5.92 Å². The van der Waals surface area contributed by atoms with Crippen LogP contribution in [0.3, 0.4) is 0 Å². The number of thioether (sulfide) groups is 1. The number of amides is 1. The van der Waals surface area contributed by atoms with Crippen molar-refractivity contribution in [3.63, 3.8) is 0 Å². The molecule has 2 aromatic carbocycles. The van der Waals surface area contributed by atoms with Crippen molar-refractivity contribution in [1.82, 2.24) is 4.90 Å². The molecule has 1 N–H and O–H groups in total. The topological polar surface area (TPSA) is 66.8 Å². The van der Waals surface area contributed by atoms with E-state index in [0.29, 0.717) is 6.54 Å². The first-order valence-corrected chi connectivity index (χ1v) is 11.6. The van der Waals surface area contributed by atoms with Gasteiger partial charge in [-0.15, -0.1) is 0 Å². The Hall–Kier alpha value is -2.47. The van der Waals surface area contributed by atoms with Gasteiger partial charge in [-0.25, -0.2) is 4.79 Å². The van der Waals surface area contributed by atoms with Gasteiger partial charge in [-0.2, -0.15) is 11.8 Å². The third-order valence-corrected chi connectivity index (χ3v) is 8.01. The van der Waals surface area contributed by atoms with Crippen LogP contribution in [-0.4, -0.2) is 53.3 Å². The molecule has 30 heavy (non-hydrogen) atoms. The highest BCUT2D eigenvalue weighted by Crippen LogP contribution is 2.47. The van der Waals surface area contributed by atoms with E-state index in [-0.39, 0.29) is 24.5 Å². The number of rotatable bonds is 3. The first-order valence-electron chi connectivity index (χ1n) is 10.5. The second-order valence-corrected chi connectivity index (χ2v) is 9.77. The Morgan fingerprint density at radius 2 is 1.63 bits per heavy atom. The smallest absolute Gasteiger partial charge is 0.409 e. The van der Waals surface area contributed by atoms with E-state index in [1.807, 2.05) is 36.0 Å². The first-order chi connectivity index (χ1) is 14.6. The van der Waals surface area contributed by atoms with Crippen molar-refractivity contribution in [3.8, 4) is 11.1 Å². The maximum Gasteiger partial charge on any atom is 0.409 e. The summed E-state index contributed by atoms with van der Waals surface area (Å²) >= 11 is 1.87. The lowest BCUT2D eigenvalue weighted by Crippen LogP contribution is -2.38. The Morgan fingerprint density at radius 3 is 2.23 bits per heavy atom. The molecule has 1 spiro atoms. The number of carboxylic acid groups (broad SMARTS) is 1. The third kappa shape index (κ3) is 3.18. The van der Waals surface area contributed by atoms with E-state index < -0.39 is 18.0 Å². The van der Waals surface area contributed by atoms with Gasteiger partial charge in [0.2, 0.25) is 0 Å². The molecule has 1 aliphatic carbocycles. The Bertz CT molecular complexity index is 939. The van der Waals surface area contributed by atoms with Crippen molar-refractivity contribution in [3.05, 3.63) is 59.7 Å². The molecule has 2 saturated heterocycles. The lowest BCUT2D eigenvalue weighted by Gasteiger charge is -2.35. The molecule has 156 valence electrons. The average Bonchev–Trinajstić information content (AvgIpc) is 3.29. The second-order valence-electron chi connectivity index (χ2n) is 8.55. The number of carbonyl (C=O) groups is 2. The monoisotopic (exact) mass is 423 g/mol. The predicted molar refractivity (Wildman–Crippen MR) is 117 cm³/mol. The SMILES string of the molecule is O=C(O)C1CN(C(=O)OCC2c3ccccc3-c3ccccc32)CC12CCSCC2. The summed E-state index contributed by atoms with van der Waals surface area (Å²) in [7, 11) is 0. The van der Waals surface area contributed by atoms with Gasteiger partial charge in [0.1, 0.15) is 6.61 Å². The molecule has 5 rings (SSSR count). The summed E-state index contributed by atoms with van der Waals surface area (Å²) in [6.45, 7) is 1.00. The van der Waals surface area contributed by atoms with E-state index in [0.717, 1.165) is 24.3 Å². The quantitative estimate of drug-likeness (QED) is 0.789. The van der Waals surface area contributed by atoms with Gasteiger partial charge in [0.25, 0.3) is 0 Å². The Kier molecular flexibility index (Phi) is 4.97. The summed E-state index contributed by atoms with van der Waals surface area (Å²) < 4.78 is 5.77. The molecular formula is C24H25NO4S. The molecule has 1 atom stereocenters. The molecule has 6 heteroatoms. The number of nitrogens with zero attached hydrogens (tertiary/aromatic N) is 1. The van der Waals surface area contributed by atoms with E-state index in [2.05, 4.69) is 24.3 Å². The van der Waals surface area contributed by atoms with E-state index >= 15 is 0 Å². The summed E-state index contributed by atoms with van der Waals surface area (Å²) in [6.07, 6.45) is 1.31. The van der Waals surface area contributed by atoms with Gasteiger partial charge < -0.3 is 14.7 Å². The Morgan fingerprint density at radius 1 is 1.03 bits per heavy atom. The molecule has 0 aromatic heterocycles. The van der Waals surface area contributed by atoms with Gasteiger partial charge >= 0.3 is 12.1 Å². The molecule has 1 amide bonds. The van der Waals surface area contributed by atoms with Crippen molar-refractivity contribution in [2.24, 2.45) is 11.3 Å². The highest BCUT2D eigenvalue weighted by Gasteiger charge is 2.52. The molecule has 3 aliphatic rings. The molecule has 5 nitrogen and oxygen atoms in total. The van der Waals surface area contributed by atoms with Gasteiger partial charge in [0.15, 0.2) is 0 Å². The van der Waals surface area contributed by atoms with Crippen molar-refractivity contribution in [2.75, 3.05) is 31.2 Å². The van der Waals surface area contributed by atoms with Crippen LogP contribution >= 0.6 is 11.8 Å². The fraction of sp³-hybridized carbons (Fsp3) is 0.417. The zero-order chi connectivity index (χ0) is 20.7. The molecular weight excluding hydrogens is 398 g/mol. The molecule has 2 aliphatic heterocycles.